The average Bonchev–Trinajstić information content (AvgIpc) is 3.48. The van der Waals surface area contributed by atoms with Crippen molar-refractivity contribution in [1.29, 1.82) is 0 Å². The summed E-state index contributed by atoms with van der Waals surface area (Å²) in [5, 5.41) is 5.19. The van der Waals surface area contributed by atoms with E-state index in [0.717, 1.165) is 30.6 Å². The van der Waals surface area contributed by atoms with Crippen LogP contribution >= 0.6 is 11.3 Å². The van der Waals surface area contributed by atoms with Crippen LogP contribution in [0.1, 0.15) is 48.6 Å². The van der Waals surface area contributed by atoms with Crippen molar-refractivity contribution in [1.82, 2.24) is 5.32 Å². The normalized spacial score (nSPS) is 15.7. The largest absolute Gasteiger partial charge is 0.493 e. The molecule has 0 bridgehead atoms. The smallest absolute Gasteiger partial charge is 0.248 e. The number of carbonyl (C=O) groups excluding carboxylic acids is 2. The van der Waals surface area contributed by atoms with Crippen LogP contribution in [0.25, 0.3) is 0 Å². The fraction of sp³-hybridized carbons (Fsp3) is 0.400. The monoisotopic (exact) mass is 550 g/mol. The molecule has 2 aliphatic rings. The van der Waals surface area contributed by atoms with Crippen LogP contribution in [0.3, 0.4) is 0 Å². The molecule has 0 unspecified atom stereocenters. The molecule has 8 nitrogen and oxygen atoms in total. The number of nitrogens with one attached hydrogen (secondary N) is 1. The highest BCUT2D eigenvalue weighted by Crippen LogP contribution is 2.39. The summed E-state index contributed by atoms with van der Waals surface area (Å²) in [5.41, 5.74) is 1.18. The first-order valence-electron chi connectivity index (χ1n) is 13.3. The zero-order valence-electron chi connectivity index (χ0n) is 22.3. The minimum atomic E-state index is -0.943. The molecule has 0 spiro atoms. The van der Waals surface area contributed by atoms with Gasteiger partial charge >= 0.3 is 0 Å². The summed E-state index contributed by atoms with van der Waals surface area (Å²) >= 11 is 1.51. The average molecular weight is 551 g/mol. The molecule has 3 aromatic rings. The van der Waals surface area contributed by atoms with Crippen LogP contribution in [0.15, 0.2) is 53.9 Å². The van der Waals surface area contributed by atoms with Gasteiger partial charge in [0.2, 0.25) is 11.8 Å². The Balaban J connectivity index is 1.60. The second kappa shape index (κ2) is 12.4. The van der Waals surface area contributed by atoms with E-state index in [-0.39, 0.29) is 24.3 Å². The van der Waals surface area contributed by atoms with E-state index >= 15 is 0 Å². The van der Waals surface area contributed by atoms with Crippen molar-refractivity contribution in [3.05, 3.63) is 64.4 Å². The Bertz CT molecular complexity index is 1290. The first-order chi connectivity index (χ1) is 19.1. The fourth-order valence-corrected chi connectivity index (χ4v) is 5.93. The lowest BCUT2D eigenvalue weighted by Gasteiger charge is -2.34. The van der Waals surface area contributed by atoms with Gasteiger partial charge in [0.05, 0.1) is 20.6 Å². The van der Waals surface area contributed by atoms with Gasteiger partial charge in [-0.2, -0.15) is 0 Å². The van der Waals surface area contributed by atoms with Crippen LogP contribution in [0.4, 0.5) is 5.69 Å². The molecule has 1 saturated carbocycles. The standard InChI is InChI=1S/C30H34N2O6S/c1-35-24-12-10-20(17-26(24)36-2)29(30(34)31-21-7-4-3-5-8-21)32(28(33)19-23-9-6-16-39-23)22-11-13-25-27(18-22)38-15-14-37-25/h6,9-13,16-18,21,29H,3-5,7-8,14-15,19H2,1-2H3,(H,31,34)/t29-/m0/s1. The van der Waals surface area contributed by atoms with Gasteiger partial charge in [0.1, 0.15) is 19.3 Å². The van der Waals surface area contributed by atoms with Crippen LogP contribution in [0.5, 0.6) is 23.0 Å². The molecule has 0 radical (unpaired) electrons. The number of methoxy groups -OCH3 is 2. The van der Waals surface area contributed by atoms with Crippen LogP contribution < -0.4 is 29.2 Å². The maximum absolute atomic E-state index is 14.1. The third-order valence-corrected chi connectivity index (χ3v) is 8.04. The molecule has 1 aromatic heterocycles. The van der Waals surface area contributed by atoms with E-state index in [0.29, 0.717) is 47.5 Å². The van der Waals surface area contributed by atoms with Crippen LogP contribution in [-0.2, 0) is 16.0 Å². The molecule has 1 fully saturated rings. The second-order valence-corrected chi connectivity index (χ2v) is 10.7. The SMILES string of the molecule is COc1ccc([C@@H](C(=O)NC2CCCCC2)N(C(=O)Cc2cccs2)c2ccc3c(c2)OCCO3)cc1OC. The number of amides is 2. The molecule has 5 rings (SSSR count). The maximum Gasteiger partial charge on any atom is 0.248 e. The molecule has 1 N–H and O–H groups in total. The molecule has 2 heterocycles. The molecular formula is C30H34N2O6S. The zero-order valence-corrected chi connectivity index (χ0v) is 23.1. The minimum absolute atomic E-state index is 0.0726. The first-order valence-corrected chi connectivity index (χ1v) is 14.2. The van der Waals surface area contributed by atoms with Gasteiger partial charge in [0, 0.05) is 22.7 Å². The number of hydrogen-bond donors (Lipinski definition) is 1. The zero-order chi connectivity index (χ0) is 27.2. The fourth-order valence-electron chi connectivity index (χ4n) is 5.23. The number of rotatable bonds is 9. The summed E-state index contributed by atoms with van der Waals surface area (Å²) in [7, 11) is 3.12. The van der Waals surface area contributed by atoms with Crippen LogP contribution in [0.2, 0.25) is 0 Å². The van der Waals surface area contributed by atoms with Gasteiger partial charge in [-0.15, -0.1) is 11.3 Å². The predicted octanol–water partition coefficient (Wildman–Crippen LogP) is 5.30. The Morgan fingerprint density at radius 1 is 0.974 bits per heavy atom. The van der Waals surface area contributed by atoms with Crippen molar-refractivity contribution in [3.63, 3.8) is 0 Å². The van der Waals surface area contributed by atoms with Crippen molar-refractivity contribution in [2.45, 2.75) is 50.6 Å². The number of anilines is 1. The third kappa shape index (κ3) is 6.14. The van der Waals surface area contributed by atoms with E-state index in [1.165, 1.54) is 17.8 Å². The molecular weight excluding hydrogens is 516 g/mol. The lowest BCUT2D eigenvalue weighted by Crippen LogP contribution is -2.47. The number of thiophene rings is 1. The van der Waals surface area contributed by atoms with Crippen molar-refractivity contribution in [2.24, 2.45) is 0 Å². The predicted molar refractivity (Wildman–Crippen MR) is 150 cm³/mol. The van der Waals surface area contributed by atoms with E-state index in [2.05, 4.69) is 5.32 Å². The third-order valence-electron chi connectivity index (χ3n) is 7.16. The molecule has 2 amide bonds. The first kappa shape index (κ1) is 26.9. The van der Waals surface area contributed by atoms with E-state index in [1.54, 1.807) is 43.4 Å². The van der Waals surface area contributed by atoms with Gasteiger partial charge in [-0.25, -0.2) is 0 Å². The summed E-state index contributed by atoms with van der Waals surface area (Å²) in [4.78, 5) is 30.7. The van der Waals surface area contributed by atoms with Crippen molar-refractivity contribution in [2.75, 3.05) is 32.3 Å². The Morgan fingerprint density at radius 2 is 1.74 bits per heavy atom. The lowest BCUT2D eigenvalue weighted by atomic mass is 9.94. The number of ether oxygens (including phenoxy) is 4. The number of carbonyl (C=O) groups is 2. The van der Waals surface area contributed by atoms with Gasteiger partial charge < -0.3 is 24.3 Å². The molecule has 0 saturated heterocycles. The molecule has 2 aromatic carbocycles. The van der Waals surface area contributed by atoms with Crippen molar-refractivity contribution < 1.29 is 28.5 Å². The van der Waals surface area contributed by atoms with Gasteiger partial charge in [-0.3, -0.25) is 14.5 Å². The Morgan fingerprint density at radius 3 is 2.46 bits per heavy atom. The summed E-state index contributed by atoms with van der Waals surface area (Å²) in [5.74, 6) is 1.76. The second-order valence-electron chi connectivity index (χ2n) is 9.71. The number of fused-ring (bicyclic) bond motifs is 1. The summed E-state index contributed by atoms with van der Waals surface area (Å²) < 4.78 is 22.6. The van der Waals surface area contributed by atoms with E-state index in [1.807, 2.05) is 29.6 Å². The summed E-state index contributed by atoms with van der Waals surface area (Å²) in [6, 6.07) is 13.7. The van der Waals surface area contributed by atoms with Gasteiger partial charge in [-0.05, 0) is 54.1 Å². The van der Waals surface area contributed by atoms with Crippen molar-refractivity contribution in [3.8, 4) is 23.0 Å². The highest BCUT2D eigenvalue weighted by Gasteiger charge is 2.35. The topological polar surface area (TPSA) is 86.3 Å². The Hall–Kier alpha value is -3.72. The summed E-state index contributed by atoms with van der Waals surface area (Å²) in [6.45, 7) is 0.881. The van der Waals surface area contributed by atoms with Crippen molar-refractivity contribution >= 4 is 28.8 Å². The molecule has 39 heavy (non-hydrogen) atoms. The molecule has 1 aliphatic carbocycles. The summed E-state index contributed by atoms with van der Waals surface area (Å²) in [6.07, 6.45) is 5.35. The van der Waals surface area contributed by atoms with Gasteiger partial charge in [0.15, 0.2) is 23.0 Å². The lowest BCUT2D eigenvalue weighted by molar-refractivity contribution is -0.127. The molecule has 1 atom stereocenters. The van der Waals surface area contributed by atoms with Gasteiger partial charge in [-0.1, -0.05) is 31.4 Å². The Labute approximate surface area is 232 Å². The highest BCUT2D eigenvalue weighted by molar-refractivity contribution is 7.10. The molecule has 206 valence electrons. The van der Waals surface area contributed by atoms with Crippen LogP contribution in [0, 0.1) is 0 Å². The van der Waals surface area contributed by atoms with E-state index in [9.17, 15) is 9.59 Å². The maximum atomic E-state index is 14.1. The number of benzene rings is 2. The Kier molecular flexibility index (Phi) is 8.56. The van der Waals surface area contributed by atoms with Gasteiger partial charge in [0.25, 0.3) is 0 Å². The highest BCUT2D eigenvalue weighted by atomic mass is 32.1. The molecule has 1 aliphatic heterocycles. The minimum Gasteiger partial charge on any atom is -0.493 e. The quantitative estimate of drug-likeness (QED) is 0.389. The van der Waals surface area contributed by atoms with E-state index in [4.69, 9.17) is 18.9 Å². The number of nitrogens with zero attached hydrogens (tertiary/aromatic N) is 1. The molecule has 9 heteroatoms. The van der Waals surface area contributed by atoms with E-state index < -0.39 is 6.04 Å². The van der Waals surface area contributed by atoms with Crippen LogP contribution in [-0.4, -0.2) is 45.3 Å². The number of hydrogen-bond acceptors (Lipinski definition) is 7.